The quantitative estimate of drug-likeness (QED) is 0.420. The topological polar surface area (TPSA) is 30.5 Å². The second-order valence-corrected chi connectivity index (χ2v) is 10.5. The third-order valence-electron chi connectivity index (χ3n) is 4.35. The van der Waals surface area contributed by atoms with Gasteiger partial charge in [-0.1, -0.05) is 55.4 Å². The molecule has 25 heavy (non-hydrogen) atoms. The highest BCUT2D eigenvalue weighted by atomic mass is 16.5. The average molecular weight is 358 g/mol. The molecule has 3 heteroatoms. The standard InChI is InChI=1S/C22H47NO2/c1-17(15-21(5,6)7)11-13-24-19(3)23-20(4)25-14-12-18(2)16-22(8,9)10/h17-20,23H,11-16H2,1-10H3. The van der Waals surface area contributed by atoms with Gasteiger partial charge in [0, 0.05) is 13.2 Å². The molecule has 0 aliphatic carbocycles. The zero-order chi connectivity index (χ0) is 19.7. The highest BCUT2D eigenvalue weighted by Crippen LogP contribution is 2.26. The molecule has 0 amide bonds. The SMILES string of the molecule is CC(CCOC(C)NC(C)OCCC(C)CC(C)(C)C)CC(C)(C)C. The van der Waals surface area contributed by atoms with Crippen molar-refractivity contribution in [2.24, 2.45) is 22.7 Å². The molecule has 0 heterocycles. The van der Waals surface area contributed by atoms with E-state index < -0.39 is 0 Å². The van der Waals surface area contributed by atoms with Gasteiger partial charge in [0.25, 0.3) is 0 Å². The van der Waals surface area contributed by atoms with Crippen molar-refractivity contribution in [3.63, 3.8) is 0 Å². The molecule has 0 aliphatic heterocycles. The van der Waals surface area contributed by atoms with E-state index in [0.29, 0.717) is 22.7 Å². The van der Waals surface area contributed by atoms with Crippen molar-refractivity contribution in [2.45, 2.75) is 107 Å². The summed E-state index contributed by atoms with van der Waals surface area (Å²) in [5, 5.41) is 3.38. The minimum atomic E-state index is 0.0313. The van der Waals surface area contributed by atoms with Gasteiger partial charge >= 0.3 is 0 Å². The molecule has 0 saturated heterocycles. The van der Waals surface area contributed by atoms with Gasteiger partial charge in [-0.05, 0) is 62.2 Å². The summed E-state index contributed by atoms with van der Waals surface area (Å²) in [4.78, 5) is 0. The zero-order valence-electron chi connectivity index (χ0n) is 18.9. The molecule has 0 spiro atoms. The second kappa shape index (κ2) is 11.6. The fourth-order valence-corrected chi connectivity index (χ4v) is 3.61. The molecule has 4 atom stereocenters. The fourth-order valence-electron chi connectivity index (χ4n) is 3.61. The molecule has 0 rings (SSSR count). The van der Waals surface area contributed by atoms with Gasteiger partial charge in [0.15, 0.2) is 0 Å². The van der Waals surface area contributed by atoms with Crippen molar-refractivity contribution in [2.75, 3.05) is 13.2 Å². The Morgan fingerprint density at radius 3 is 1.24 bits per heavy atom. The predicted octanol–water partition coefficient (Wildman–Crippen LogP) is 6.23. The third-order valence-corrected chi connectivity index (χ3v) is 4.35. The van der Waals surface area contributed by atoms with Crippen LogP contribution in [0.4, 0.5) is 0 Å². The average Bonchev–Trinajstić information content (AvgIpc) is 2.33. The minimum absolute atomic E-state index is 0.0313. The van der Waals surface area contributed by atoms with Crippen LogP contribution in [0.15, 0.2) is 0 Å². The molecule has 1 N–H and O–H groups in total. The maximum absolute atomic E-state index is 5.90. The van der Waals surface area contributed by atoms with E-state index in [1.54, 1.807) is 0 Å². The molecule has 0 saturated carbocycles. The lowest BCUT2D eigenvalue weighted by atomic mass is 9.84. The lowest BCUT2D eigenvalue weighted by molar-refractivity contribution is -0.0364. The second-order valence-electron chi connectivity index (χ2n) is 10.5. The predicted molar refractivity (Wildman–Crippen MR) is 110 cm³/mol. The Hall–Kier alpha value is -0.120. The summed E-state index contributed by atoms with van der Waals surface area (Å²) in [6.45, 7) is 24.2. The van der Waals surface area contributed by atoms with Crippen LogP contribution in [0.3, 0.4) is 0 Å². The number of nitrogens with one attached hydrogen (secondary N) is 1. The highest BCUT2D eigenvalue weighted by Gasteiger charge is 2.17. The van der Waals surface area contributed by atoms with E-state index in [4.69, 9.17) is 9.47 Å². The molecule has 0 aromatic carbocycles. The summed E-state index contributed by atoms with van der Waals surface area (Å²) in [6.07, 6.45) is 4.77. The largest absolute Gasteiger partial charge is 0.364 e. The van der Waals surface area contributed by atoms with E-state index in [2.05, 4.69) is 74.6 Å². The van der Waals surface area contributed by atoms with Crippen LogP contribution in [0.25, 0.3) is 0 Å². The van der Waals surface area contributed by atoms with Gasteiger partial charge < -0.3 is 9.47 Å². The molecule has 0 aromatic heterocycles. The monoisotopic (exact) mass is 357 g/mol. The van der Waals surface area contributed by atoms with Crippen molar-refractivity contribution in [1.82, 2.24) is 5.32 Å². The third kappa shape index (κ3) is 17.1. The first-order chi connectivity index (χ1) is 11.3. The summed E-state index contributed by atoms with van der Waals surface area (Å²) < 4.78 is 11.8. The summed E-state index contributed by atoms with van der Waals surface area (Å²) >= 11 is 0. The van der Waals surface area contributed by atoms with Crippen LogP contribution >= 0.6 is 0 Å². The number of rotatable bonds is 12. The molecule has 4 unspecified atom stereocenters. The highest BCUT2D eigenvalue weighted by molar-refractivity contribution is 4.67. The van der Waals surface area contributed by atoms with Gasteiger partial charge in [-0.2, -0.15) is 0 Å². The molecular formula is C22H47NO2. The fraction of sp³-hybridized carbons (Fsp3) is 1.00. The molecule has 0 aromatic rings. The molecular weight excluding hydrogens is 310 g/mol. The Morgan fingerprint density at radius 1 is 0.640 bits per heavy atom. The number of hydrogen-bond donors (Lipinski definition) is 1. The summed E-state index contributed by atoms with van der Waals surface area (Å²) in [5.74, 6) is 1.40. The Labute approximate surface area is 158 Å². The Balaban J connectivity index is 3.79. The smallest absolute Gasteiger partial charge is 0.107 e. The van der Waals surface area contributed by atoms with Crippen LogP contribution in [0.5, 0.6) is 0 Å². The van der Waals surface area contributed by atoms with E-state index >= 15 is 0 Å². The van der Waals surface area contributed by atoms with Crippen LogP contribution in [-0.4, -0.2) is 25.7 Å². The van der Waals surface area contributed by atoms with Gasteiger partial charge in [0.05, 0.1) is 0 Å². The first kappa shape index (κ1) is 24.9. The molecule has 3 nitrogen and oxygen atoms in total. The van der Waals surface area contributed by atoms with Gasteiger partial charge in [0.1, 0.15) is 12.5 Å². The lowest BCUT2D eigenvalue weighted by Crippen LogP contribution is -2.38. The van der Waals surface area contributed by atoms with Crippen molar-refractivity contribution in [3.8, 4) is 0 Å². The molecule has 152 valence electrons. The first-order valence-corrected chi connectivity index (χ1v) is 10.3. The summed E-state index contributed by atoms with van der Waals surface area (Å²) in [6, 6.07) is 0. The van der Waals surface area contributed by atoms with Crippen molar-refractivity contribution in [1.29, 1.82) is 0 Å². The van der Waals surface area contributed by atoms with Gasteiger partial charge in [-0.25, -0.2) is 0 Å². The Morgan fingerprint density at radius 2 is 0.960 bits per heavy atom. The maximum Gasteiger partial charge on any atom is 0.107 e. The number of hydrogen-bond acceptors (Lipinski definition) is 3. The van der Waals surface area contributed by atoms with Crippen LogP contribution in [0.1, 0.15) is 94.9 Å². The van der Waals surface area contributed by atoms with Crippen molar-refractivity contribution >= 4 is 0 Å². The van der Waals surface area contributed by atoms with E-state index in [0.717, 1.165) is 26.1 Å². The van der Waals surface area contributed by atoms with Crippen LogP contribution < -0.4 is 5.32 Å². The summed E-state index contributed by atoms with van der Waals surface area (Å²) in [7, 11) is 0. The van der Waals surface area contributed by atoms with Crippen LogP contribution in [0.2, 0.25) is 0 Å². The molecule has 0 aliphatic rings. The molecule has 0 fully saturated rings. The van der Waals surface area contributed by atoms with Crippen molar-refractivity contribution < 1.29 is 9.47 Å². The minimum Gasteiger partial charge on any atom is -0.364 e. The van der Waals surface area contributed by atoms with E-state index in [-0.39, 0.29) is 12.5 Å². The first-order valence-electron chi connectivity index (χ1n) is 10.3. The van der Waals surface area contributed by atoms with Crippen LogP contribution in [0, 0.1) is 22.7 Å². The number of ether oxygens (including phenoxy) is 2. The Kier molecular flexibility index (Phi) is 11.5. The molecule has 0 bridgehead atoms. The van der Waals surface area contributed by atoms with Crippen LogP contribution in [-0.2, 0) is 9.47 Å². The van der Waals surface area contributed by atoms with Gasteiger partial charge in [-0.3, -0.25) is 5.32 Å². The maximum atomic E-state index is 5.90. The Bertz CT molecular complexity index is 298. The van der Waals surface area contributed by atoms with E-state index in [9.17, 15) is 0 Å². The van der Waals surface area contributed by atoms with Gasteiger partial charge in [0.2, 0.25) is 0 Å². The van der Waals surface area contributed by atoms with E-state index in [1.807, 2.05) is 0 Å². The molecule has 0 radical (unpaired) electrons. The lowest BCUT2D eigenvalue weighted by Gasteiger charge is -2.25. The zero-order valence-corrected chi connectivity index (χ0v) is 18.9. The summed E-state index contributed by atoms with van der Waals surface area (Å²) in [5.41, 5.74) is 0.797. The van der Waals surface area contributed by atoms with Crippen molar-refractivity contribution in [3.05, 3.63) is 0 Å². The van der Waals surface area contributed by atoms with Gasteiger partial charge in [-0.15, -0.1) is 0 Å². The normalized spacial score (nSPS) is 18.0. The van der Waals surface area contributed by atoms with E-state index in [1.165, 1.54) is 12.8 Å².